The summed E-state index contributed by atoms with van der Waals surface area (Å²) in [4.78, 5) is 0. The fourth-order valence-corrected chi connectivity index (χ4v) is 1.70. The van der Waals surface area contributed by atoms with Crippen LogP contribution in [-0.4, -0.2) is 11.7 Å². The molecule has 1 N–H and O–H groups in total. The molecular weight excluding hydrogens is 192 g/mol. The van der Waals surface area contributed by atoms with Gasteiger partial charge in [0.2, 0.25) is 0 Å². The molecule has 0 amide bonds. The lowest BCUT2D eigenvalue weighted by Gasteiger charge is -2.17. The normalized spacial score (nSPS) is 18.1. The summed E-state index contributed by atoms with van der Waals surface area (Å²) < 4.78 is 10.7. The number of aryl methyl sites for hydroxylation is 1. The Morgan fingerprint density at radius 2 is 2.33 bits per heavy atom. The first-order chi connectivity index (χ1) is 7.31. The monoisotopic (exact) mass is 208 g/mol. The van der Waals surface area contributed by atoms with Crippen molar-refractivity contribution in [1.29, 1.82) is 0 Å². The van der Waals surface area contributed by atoms with Gasteiger partial charge in [-0.15, -0.1) is 0 Å². The van der Waals surface area contributed by atoms with E-state index in [4.69, 9.17) is 9.15 Å². The van der Waals surface area contributed by atoms with Gasteiger partial charge in [0.05, 0.1) is 12.9 Å². The maximum Gasteiger partial charge on any atom is 0.137 e. The summed E-state index contributed by atoms with van der Waals surface area (Å²) in [6.45, 7) is 2.77. The Bertz CT molecular complexity index is 352. The Labute approximate surface area is 89.4 Å². The van der Waals surface area contributed by atoms with Crippen molar-refractivity contribution in [3.05, 3.63) is 35.5 Å². The molecule has 0 bridgehead atoms. The molecule has 0 aromatic carbocycles. The molecule has 0 fully saturated rings. The largest absolute Gasteiger partial charge is 0.501 e. The van der Waals surface area contributed by atoms with Crippen LogP contribution in [0.5, 0.6) is 0 Å². The second-order valence-electron chi connectivity index (χ2n) is 3.73. The van der Waals surface area contributed by atoms with Crippen molar-refractivity contribution in [3.63, 3.8) is 0 Å². The smallest absolute Gasteiger partial charge is 0.137 e. The quantitative estimate of drug-likeness (QED) is 0.830. The molecule has 1 aromatic rings. The van der Waals surface area contributed by atoms with Crippen LogP contribution in [0.1, 0.15) is 37.4 Å². The second kappa shape index (κ2) is 4.53. The van der Waals surface area contributed by atoms with E-state index in [0.717, 1.165) is 37.2 Å². The van der Waals surface area contributed by atoms with Gasteiger partial charge in [-0.1, -0.05) is 6.92 Å². The number of aliphatic hydroxyl groups is 1. The van der Waals surface area contributed by atoms with Crippen LogP contribution < -0.4 is 0 Å². The van der Waals surface area contributed by atoms with Gasteiger partial charge in [0, 0.05) is 12.0 Å². The zero-order valence-electron chi connectivity index (χ0n) is 8.90. The number of ether oxygens (including phenoxy) is 1. The zero-order chi connectivity index (χ0) is 10.7. The molecular formula is C12H16O3. The lowest BCUT2D eigenvalue weighted by molar-refractivity contribution is 0.151. The van der Waals surface area contributed by atoms with E-state index >= 15 is 0 Å². The van der Waals surface area contributed by atoms with Gasteiger partial charge >= 0.3 is 0 Å². The highest BCUT2D eigenvalue weighted by Crippen LogP contribution is 2.28. The van der Waals surface area contributed by atoms with Gasteiger partial charge in [-0.05, 0) is 25.0 Å². The Kier molecular flexibility index (Phi) is 3.11. The van der Waals surface area contributed by atoms with Gasteiger partial charge in [0.25, 0.3) is 0 Å². The maximum absolute atomic E-state index is 10.0. The molecule has 15 heavy (non-hydrogen) atoms. The van der Waals surface area contributed by atoms with Crippen molar-refractivity contribution in [2.24, 2.45) is 0 Å². The van der Waals surface area contributed by atoms with E-state index in [1.54, 1.807) is 6.26 Å². The average molecular weight is 208 g/mol. The van der Waals surface area contributed by atoms with E-state index in [1.807, 2.05) is 19.1 Å². The minimum Gasteiger partial charge on any atom is -0.501 e. The maximum atomic E-state index is 10.0. The predicted molar refractivity (Wildman–Crippen MR) is 56.3 cm³/mol. The highest BCUT2D eigenvalue weighted by Gasteiger charge is 2.19. The van der Waals surface area contributed by atoms with Gasteiger partial charge in [-0.3, -0.25) is 0 Å². The molecule has 2 rings (SSSR count). The van der Waals surface area contributed by atoms with Gasteiger partial charge in [0.1, 0.15) is 17.6 Å². The number of hydrogen-bond acceptors (Lipinski definition) is 3. The van der Waals surface area contributed by atoms with Crippen molar-refractivity contribution in [1.82, 2.24) is 0 Å². The van der Waals surface area contributed by atoms with Gasteiger partial charge < -0.3 is 14.3 Å². The molecule has 1 aliphatic heterocycles. The van der Waals surface area contributed by atoms with Crippen molar-refractivity contribution < 1.29 is 14.3 Å². The van der Waals surface area contributed by atoms with E-state index in [0.29, 0.717) is 5.76 Å². The van der Waals surface area contributed by atoms with Crippen LogP contribution in [0.3, 0.4) is 0 Å². The summed E-state index contributed by atoms with van der Waals surface area (Å²) in [6.07, 6.45) is 3.70. The summed E-state index contributed by atoms with van der Waals surface area (Å²) in [5, 5.41) is 10.0. The van der Waals surface area contributed by atoms with Crippen LogP contribution in [0, 0.1) is 0 Å². The molecule has 1 aliphatic rings. The summed E-state index contributed by atoms with van der Waals surface area (Å²) in [5.74, 6) is 1.52. The van der Waals surface area contributed by atoms with E-state index in [-0.39, 0.29) is 0 Å². The van der Waals surface area contributed by atoms with Crippen molar-refractivity contribution in [3.8, 4) is 0 Å². The number of rotatable bonds is 3. The molecule has 2 heterocycles. The lowest BCUT2D eigenvalue weighted by atomic mass is 10.0. The van der Waals surface area contributed by atoms with Crippen LogP contribution in [0.25, 0.3) is 0 Å². The van der Waals surface area contributed by atoms with Crippen LogP contribution in [0.4, 0.5) is 0 Å². The minimum absolute atomic E-state index is 0.614. The SMILES string of the molecule is CCc1ccc(C(O)C2=COCCC2)o1. The Morgan fingerprint density at radius 1 is 1.47 bits per heavy atom. The standard InChI is InChI=1S/C12H16O3/c1-2-10-5-6-11(15-10)12(13)9-4-3-7-14-8-9/h5-6,8,12-13H,2-4,7H2,1H3. The Balaban J connectivity index is 2.12. The predicted octanol–water partition coefficient (Wildman–Crippen LogP) is 2.57. The second-order valence-corrected chi connectivity index (χ2v) is 3.73. The summed E-state index contributed by atoms with van der Waals surface area (Å²) in [6, 6.07) is 3.74. The summed E-state index contributed by atoms with van der Waals surface area (Å²) in [5.41, 5.74) is 0.901. The molecule has 0 saturated carbocycles. The molecule has 0 spiro atoms. The van der Waals surface area contributed by atoms with Gasteiger partial charge in [-0.2, -0.15) is 0 Å². The van der Waals surface area contributed by atoms with Crippen molar-refractivity contribution >= 4 is 0 Å². The van der Waals surface area contributed by atoms with Gasteiger partial charge in [-0.25, -0.2) is 0 Å². The first-order valence-electron chi connectivity index (χ1n) is 5.38. The summed E-state index contributed by atoms with van der Waals surface area (Å²) in [7, 11) is 0. The van der Waals surface area contributed by atoms with E-state index < -0.39 is 6.10 Å². The first-order valence-corrected chi connectivity index (χ1v) is 5.38. The van der Waals surface area contributed by atoms with E-state index in [9.17, 15) is 5.11 Å². The van der Waals surface area contributed by atoms with Crippen molar-refractivity contribution in [2.75, 3.05) is 6.61 Å². The third-order valence-electron chi connectivity index (χ3n) is 2.61. The first kappa shape index (κ1) is 10.3. The van der Waals surface area contributed by atoms with E-state index in [1.165, 1.54) is 0 Å². The topological polar surface area (TPSA) is 42.6 Å². The molecule has 0 radical (unpaired) electrons. The molecule has 3 nitrogen and oxygen atoms in total. The molecule has 1 aromatic heterocycles. The molecule has 0 saturated heterocycles. The minimum atomic E-state index is -0.648. The van der Waals surface area contributed by atoms with Crippen molar-refractivity contribution in [2.45, 2.75) is 32.3 Å². The third kappa shape index (κ3) is 2.23. The highest BCUT2D eigenvalue weighted by atomic mass is 16.5. The molecule has 1 unspecified atom stereocenters. The zero-order valence-corrected chi connectivity index (χ0v) is 8.90. The fourth-order valence-electron chi connectivity index (χ4n) is 1.70. The fraction of sp³-hybridized carbons (Fsp3) is 0.500. The van der Waals surface area contributed by atoms with Crippen LogP contribution in [0.2, 0.25) is 0 Å². The Hall–Kier alpha value is -1.22. The molecule has 1 atom stereocenters. The van der Waals surface area contributed by atoms with Crippen LogP contribution in [0.15, 0.2) is 28.4 Å². The number of hydrogen-bond donors (Lipinski definition) is 1. The van der Waals surface area contributed by atoms with E-state index in [2.05, 4.69) is 0 Å². The average Bonchev–Trinajstić information content (AvgIpc) is 2.78. The number of aliphatic hydroxyl groups excluding tert-OH is 1. The molecule has 3 heteroatoms. The molecule has 0 aliphatic carbocycles. The Morgan fingerprint density at radius 3 is 2.93 bits per heavy atom. The highest BCUT2D eigenvalue weighted by molar-refractivity contribution is 5.19. The van der Waals surface area contributed by atoms with Gasteiger partial charge in [0.15, 0.2) is 0 Å². The molecule has 82 valence electrons. The third-order valence-corrected chi connectivity index (χ3v) is 2.61. The summed E-state index contributed by atoms with van der Waals surface area (Å²) >= 11 is 0. The van der Waals surface area contributed by atoms with Crippen LogP contribution >= 0.6 is 0 Å². The number of furan rings is 1. The van der Waals surface area contributed by atoms with Crippen LogP contribution in [-0.2, 0) is 11.2 Å². The lowest BCUT2D eigenvalue weighted by Crippen LogP contribution is -2.07.